The molecule has 0 radical (unpaired) electrons. The van der Waals surface area contributed by atoms with Crippen LogP contribution in [0.15, 0.2) is 42.5 Å². The third-order valence-electron chi connectivity index (χ3n) is 6.50. The number of carbonyl (C=O) groups is 1. The first-order valence-corrected chi connectivity index (χ1v) is 12.9. The van der Waals surface area contributed by atoms with Gasteiger partial charge in [-0.15, -0.1) is 0 Å². The van der Waals surface area contributed by atoms with Gasteiger partial charge in [-0.2, -0.15) is 4.37 Å². The van der Waals surface area contributed by atoms with Crippen LogP contribution in [0.2, 0.25) is 5.02 Å². The van der Waals surface area contributed by atoms with E-state index in [1.54, 1.807) is 0 Å². The van der Waals surface area contributed by atoms with E-state index in [-0.39, 0.29) is 5.92 Å². The van der Waals surface area contributed by atoms with Gasteiger partial charge in [0, 0.05) is 22.9 Å². The van der Waals surface area contributed by atoms with Gasteiger partial charge in [0.1, 0.15) is 5.60 Å². The number of hydrogen-bond donors (Lipinski definition) is 1. The Bertz CT molecular complexity index is 1200. The molecule has 1 atom stereocenters. The van der Waals surface area contributed by atoms with E-state index in [9.17, 15) is 4.79 Å². The number of amides is 1. The molecular weight excluding hydrogens is 483 g/mol. The van der Waals surface area contributed by atoms with Crippen LogP contribution in [0.4, 0.5) is 4.79 Å². The highest BCUT2D eigenvalue weighted by Crippen LogP contribution is 2.37. The number of benzene rings is 2. The molecule has 1 saturated heterocycles. The number of aromatic nitrogens is 1. The highest BCUT2D eigenvalue weighted by molar-refractivity contribution is 7.13. The van der Waals surface area contributed by atoms with Crippen molar-refractivity contribution >= 4 is 51.9 Å². The summed E-state index contributed by atoms with van der Waals surface area (Å²) in [7, 11) is -0.434. The van der Waals surface area contributed by atoms with Crippen molar-refractivity contribution in [2.24, 2.45) is 0 Å². The average molecular weight is 515 g/mol. The smallest absolute Gasteiger partial charge is 0.444 e. The molecule has 2 heterocycles. The molecule has 2 aromatic carbocycles. The molecule has 1 aliphatic heterocycles. The van der Waals surface area contributed by atoms with E-state index >= 15 is 0 Å². The van der Waals surface area contributed by atoms with Crippen LogP contribution >= 0.6 is 23.1 Å². The minimum Gasteiger partial charge on any atom is -0.444 e. The lowest BCUT2D eigenvalue weighted by molar-refractivity contribution is 0.00578. The average Bonchev–Trinajstić information content (AvgIpc) is 3.25. The molecule has 0 aliphatic carbocycles. The van der Waals surface area contributed by atoms with E-state index in [4.69, 9.17) is 30.0 Å². The molecule has 6 nitrogen and oxygen atoms in total. The molecular formula is C26H32BClN2O4S. The number of carbonyl (C=O) groups excluding carboxylic acids is 1. The summed E-state index contributed by atoms with van der Waals surface area (Å²) >= 11 is 7.56. The lowest BCUT2D eigenvalue weighted by Crippen LogP contribution is -2.41. The van der Waals surface area contributed by atoms with E-state index < -0.39 is 30.0 Å². The molecule has 9 heteroatoms. The maximum absolute atomic E-state index is 12.4. The van der Waals surface area contributed by atoms with Crippen LogP contribution in [0.25, 0.3) is 10.1 Å². The Morgan fingerprint density at radius 2 is 1.74 bits per heavy atom. The monoisotopic (exact) mass is 514 g/mol. The van der Waals surface area contributed by atoms with Crippen LogP contribution in [-0.2, 0) is 14.0 Å². The highest BCUT2D eigenvalue weighted by Gasteiger charge is 2.51. The first kappa shape index (κ1) is 26.0. The second kappa shape index (κ2) is 9.39. The molecule has 1 amide bonds. The Balaban J connectivity index is 1.64. The molecule has 3 aromatic rings. The van der Waals surface area contributed by atoms with Gasteiger partial charge in [-0.05, 0) is 89.2 Å². The summed E-state index contributed by atoms with van der Waals surface area (Å²) < 4.78 is 23.7. The molecule has 1 aliphatic rings. The molecule has 0 saturated carbocycles. The summed E-state index contributed by atoms with van der Waals surface area (Å²) in [4.78, 5) is 12.4. The van der Waals surface area contributed by atoms with Gasteiger partial charge in [0.2, 0.25) is 0 Å². The zero-order chi connectivity index (χ0) is 25.6. The number of nitrogens with zero attached hydrogens (tertiary/aromatic N) is 1. The minimum atomic E-state index is -0.572. The number of fused-ring (bicyclic) bond motifs is 1. The van der Waals surface area contributed by atoms with Crippen molar-refractivity contribution in [2.75, 3.05) is 6.54 Å². The van der Waals surface area contributed by atoms with Gasteiger partial charge in [-0.25, -0.2) is 4.79 Å². The predicted molar refractivity (Wildman–Crippen MR) is 143 cm³/mol. The molecule has 1 N–H and O–H groups in total. The number of alkyl carbamates (subject to hydrolysis) is 1. The predicted octanol–water partition coefficient (Wildman–Crippen LogP) is 5.91. The van der Waals surface area contributed by atoms with Gasteiger partial charge in [-0.3, -0.25) is 0 Å². The lowest BCUT2D eigenvalue weighted by atomic mass is 9.78. The van der Waals surface area contributed by atoms with Gasteiger partial charge in [0.05, 0.1) is 21.6 Å². The Hall–Kier alpha value is -2.13. The molecule has 0 bridgehead atoms. The van der Waals surface area contributed by atoms with Crippen molar-refractivity contribution in [3.63, 3.8) is 0 Å². The SMILES string of the molecule is CC(C)(C)OC(=O)NCC(c1ccc(Cl)cc1)c1nsc2cc(B3OC(C)(C)C(C)(C)O3)ccc12. The second-order valence-corrected chi connectivity index (χ2v) is 12.1. The summed E-state index contributed by atoms with van der Waals surface area (Å²) in [6.07, 6.45) is -0.459. The first-order chi connectivity index (χ1) is 16.3. The first-order valence-electron chi connectivity index (χ1n) is 11.7. The largest absolute Gasteiger partial charge is 0.494 e. The van der Waals surface area contributed by atoms with Crippen molar-refractivity contribution in [1.29, 1.82) is 0 Å². The van der Waals surface area contributed by atoms with Crippen molar-refractivity contribution in [3.8, 4) is 0 Å². The summed E-state index contributed by atoms with van der Waals surface area (Å²) in [6, 6.07) is 13.8. The van der Waals surface area contributed by atoms with Crippen LogP contribution in [0.5, 0.6) is 0 Å². The van der Waals surface area contributed by atoms with Crippen molar-refractivity contribution < 1.29 is 18.8 Å². The summed E-state index contributed by atoms with van der Waals surface area (Å²) in [6.45, 7) is 14.1. The topological polar surface area (TPSA) is 69.7 Å². The number of ether oxygens (including phenoxy) is 1. The molecule has 186 valence electrons. The third-order valence-corrected chi connectivity index (χ3v) is 7.58. The van der Waals surface area contributed by atoms with Gasteiger partial charge >= 0.3 is 13.2 Å². The summed E-state index contributed by atoms with van der Waals surface area (Å²) in [5, 5.41) is 4.59. The Morgan fingerprint density at radius 3 is 2.34 bits per heavy atom. The Morgan fingerprint density at radius 1 is 1.11 bits per heavy atom. The normalized spacial score (nSPS) is 18.0. The minimum absolute atomic E-state index is 0.170. The highest BCUT2D eigenvalue weighted by atomic mass is 35.5. The van der Waals surface area contributed by atoms with Crippen LogP contribution in [0, 0.1) is 0 Å². The number of hydrogen-bond acceptors (Lipinski definition) is 6. The van der Waals surface area contributed by atoms with E-state index in [1.807, 2.05) is 78.8 Å². The van der Waals surface area contributed by atoms with E-state index in [0.29, 0.717) is 11.6 Å². The maximum Gasteiger partial charge on any atom is 0.494 e. The van der Waals surface area contributed by atoms with Crippen LogP contribution < -0.4 is 10.8 Å². The zero-order valence-corrected chi connectivity index (χ0v) is 22.8. The fraction of sp³-hybridized carbons (Fsp3) is 0.462. The van der Waals surface area contributed by atoms with E-state index in [1.165, 1.54) is 11.5 Å². The quantitative estimate of drug-likeness (QED) is 0.429. The van der Waals surface area contributed by atoms with Crippen LogP contribution in [-0.4, -0.2) is 40.9 Å². The standard InChI is InChI=1S/C26H32BClN2O4S/c1-24(2,3)32-23(31)29-15-20(16-8-11-18(28)12-9-16)22-19-13-10-17(14-21(19)35-30-22)27-33-25(4,5)26(6,7)34-27/h8-14,20H,15H2,1-7H3,(H,29,31). The molecule has 0 spiro atoms. The maximum atomic E-state index is 12.4. The molecule has 35 heavy (non-hydrogen) atoms. The third kappa shape index (κ3) is 5.66. The summed E-state index contributed by atoms with van der Waals surface area (Å²) in [5.74, 6) is -0.170. The second-order valence-electron chi connectivity index (χ2n) is 10.9. The fourth-order valence-electron chi connectivity index (χ4n) is 3.92. The van der Waals surface area contributed by atoms with Gasteiger partial charge in [0.15, 0.2) is 0 Å². The molecule has 1 fully saturated rings. The van der Waals surface area contributed by atoms with Crippen LogP contribution in [0.1, 0.15) is 65.6 Å². The van der Waals surface area contributed by atoms with Gasteiger partial charge < -0.3 is 19.4 Å². The zero-order valence-electron chi connectivity index (χ0n) is 21.3. The van der Waals surface area contributed by atoms with E-state index in [0.717, 1.165) is 26.8 Å². The van der Waals surface area contributed by atoms with Gasteiger partial charge in [0.25, 0.3) is 0 Å². The molecule has 4 rings (SSSR count). The van der Waals surface area contributed by atoms with Crippen molar-refractivity contribution in [2.45, 2.75) is 71.2 Å². The van der Waals surface area contributed by atoms with E-state index in [2.05, 4.69) is 17.4 Å². The molecule has 1 aromatic heterocycles. The molecule has 1 unspecified atom stereocenters. The number of rotatable bonds is 5. The number of nitrogens with one attached hydrogen (secondary N) is 1. The number of halogens is 1. The van der Waals surface area contributed by atoms with Crippen molar-refractivity contribution in [1.82, 2.24) is 9.69 Å². The summed E-state index contributed by atoms with van der Waals surface area (Å²) in [5.41, 5.74) is 1.48. The Labute approximate surface area is 216 Å². The fourth-order valence-corrected chi connectivity index (χ4v) is 4.93. The lowest BCUT2D eigenvalue weighted by Gasteiger charge is -2.32. The van der Waals surface area contributed by atoms with Crippen LogP contribution in [0.3, 0.4) is 0 Å². The Kier molecular flexibility index (Phi) is 6.97. The van der Waals surface area contributed by atoms with Gasteiger partial charge in [-0.1, -0.05) is 35.9 Å². The van der Waals surface area contributed by atoms with Crippen molar-refractivity contribution in [3.05, 3.63) is 58.7 Å².